The summed E-state index contributed by atoms with van der Waals surface area (Å²) >= 11 is 0. The van der Waals surface area contributed by atoms with Gasteiger partial charge in [-0.25, -0.2) is 0 Å². The second-order valence-electron chi connectivity index (χ2n) is 5.42. The Labute approximate surface area is 136 Å². The molecule has 0 spiro atoms. The second kappa shape index (κ2) is 7.40. The molecule has 0 aliphatic carbocycles. The van der Waals surface area contributed by atoms with E-state index in [0.29, 0.717) is 5.69 Å². The molecule has 0 fully saturated rings. The molecule has 0 aromatic heterocycles. The van der Waals surface area contributed by atoms with Crippen molar-refractivity contribution < 1.29 is 9.59 Å². The number of anilines is 1. The quantitative estimate of drug-likeness (QED) is 0.850. The molecule has 0 bridgehead atoms. The largest absolute Gasteiger partial charge is 0.322 e. The SMILES string of the molecule is CC(=O)NC(=Cc1ccccc1C)C(=O)Nc1ccc(C)cc1. The number of aryl methyl sites for hydroxylation is 2. The standard InChI is InChI=1S/C19H20N2O2/c1-13-8-10-17(11-9-13)21-19(23)18(20-15(3)22)12-16-7-5-4-6-14(16)2/h4-12H,1-3H3,(H,20,22)(H,21,23). The van der Waals surface area contributed by atoms with Crippen molar-refractivity contribution in [3.63, 3.8) is 0 Å². The Morgan fingerprint density at radius 3 is 2.22 bits per heavy atom. The Morgan fingerprint density at radius 1 is 0.957 bits per heavy atom. The van der Waals surface area contributed by atoms with Crippen LogP contribution in [0.1, 0.15) is 23.6 Å². The maximum atomic E-state index is 12.5. The maximum Gasteiger partial charge on any atom is 0.272 e. The van der Waals surface area contributed by atoms with E-state index in [1.165, 1.54) is 6.92 Å². The van der Waals surface area contributed by atoms with Crippen molar-refractivity contribution in [2.45, 2.75) is 20.8 Å². The Bertz CT molecular complexity index is 746. The van der Waals surface area contributed by atoms with Crippen LogP contribution in [0, 0.1) is 13.8 Å². The number of amides is 2. The van der Waals surface area contributed by atoms with Gasteiger partial charge in [0.05, 0.1) is 0 Å². The van der Waals surface area contributed by atoms with Crippen LogP contribution < -0.4 is 10.6 Å². The lowest BCUT2D eigenvalue weighted by molar-refractivity contribution is -0.120. The monoisotopic (exact) mass is 308 g/mol. The first kappa shape index (κ1) is 16.5. The van der Waals surface area contributed by atoms with Gasteiger partial charge in [-0.05, 0) is 43.2 Å². The van der Waals surface area contributed by atoms with Crippen LogP contribution in [0.4, 0.5) is 5.69 Å². The first-order valence-electron chi connectivity index (χ1n) is 7.38. The molecule has 4 nitrogen and oxygen atoms in total. The van der Waals surface area contributed by atoms with Crippen LogP contribution in [0.5, 0.6) is 0 Å². The minimum Gasteiger partial charge on any atom is -0.322 e. The van der Waals surface area contributed by atoms with Gasteiger partial charge in [-0.2, -0.15) is 0 Å². The van der Waals surface area contributed by atoms with Crippen LogP contribution in [0.3, 0.4) is 0 Å². The molecule has 2 N–H and O–H groups in total. The molecule has 23 heavy (non-hydrogen) atoms. The third kappa shape index (κ3) is 4.81. The van der Waals surface area contributed by atoms with Gasteiger partial charge in [0.15, 0.2) is 0 Å². The molecule has 2 aromatic rings. The third-order valence-corrected chi connectivity index (χ3v) is 3.35. The van der Waals surface area contributed by atoms with E-state index in [1.54, 1.807) is 6.08 Å². The van der Waals surface area contributed by atoms with Gasteiger partial charge in [-0.1, -0.05) is 42.0 Å². The Hall–Kier alpha value is -2.88. The van der Waals surface area contributed by atoms with Gasteiger partial charge in [0, 0.05) is 12.6 Å². The molecule has 0 radical (unpaired) electrons. The van der Waals surface area contributed by atoms with Gasteiger partial charge in [-0.15, -0.1) is 0 Å². The first-order chi connectivity index (χ1) is 11.0. The highest BCUT2D eigenvalue weighted by Crippen LogP contribution is 2.14. The van der Waals surface area contributed by atoms with Crippen molar-refractivity contribution >= 4 is 23.6 Å². The second-order valence-corrected chi connectivity index (χ2v) is 5.42. The van der Waals surface area contributed by atoms with E-state index in [2.05, 4.69) is 10.6 Å². The predicted molar refractivity (Wildman–Crippen MR) is 92.8 cm³/mol. The zero-order valence-electron chi connectivity index (χ0n) is 13.5. The lowest BCUT2D eigenvalue weighted by Crippen LogP contribution is -2.29. The fraction of sp³-hybridized carbons (Fsp3) is 0.158. The Kier molecular flexibility index (Phi) is 5.31. The molecular formula is C19H20N2O2. The van der Waals surface area contributed by atoms with E-state index in [0.717, 1.165) is 16.7 Å². The normalized spacial score (nSPS) is 11.0. The average Bonchev–Trinajstić information content (AvgIpc) is 2.50. The highest BCUT2D eigenvalue weighted by molar-refractivity contribution is 6.08. The maximum absolute atomic E-state index is 12.5. The molecule has 0 aliphatic rings. The molecule has 0 saturated heterocycles. The molecule has 0 heterocycles. The molecule has 0 saturated carbocycles. The molecule has 0 aliphatic heterocycles. The van der Waals surface area contributed by atoms with Crippen molar-refractivity contribution in [1.29, 1.82) is 0 Å². The molecule has 2 rings (SSSR count). The van der Waals surface area contributed by atoms with E-state index in [9.17, 15) is 9.59 Å². The van der Waals surface area contributed by atoms with Crippen molar-refractivity contribution in [1.82, 2.24) is 5.32 Å². The van der Waals surface area contributed by atoms with E-state index < -0.39 is 0 Å². The van der Waals surface area contributed by atoms with Gasteiger partial charge in [0.25, 0.3) is 5.91 Å². The molecule has 0 atom stereocenters. The van der Waals surface area contributed by atoms with Crippen molar-refractivity contribution in [3.8, 4) is 0 Å². The highest BCUT2D eigenvalue weighted by atomic mass is 16.2. The minimum absolute atomic E-state index is 0.215. The summed E-state index contributed by atoms with van der Waals surface area (Å²) < 4.78 is 0. The molecular weight excluding hydrogens is 288 g/mol. The van der Waals surface area contributed by atoms with Crippen LogP contribution in [-0.4, -0.2) is 11.8 Å². The molecule has 0 unspecified atom stereocenters. The molecule has 4 heteroatoms. The summed E-state index contributed by atoms with van der Waals surface area (Å²) in [6.45, 7) is 5.31. The summed E-state index contributed by atoms with van der Waals surface area (Å²) in [5.74, 6) is -0.642. The fourth-order valence-electron chi connectivity index (χ4n) is 2.09. The van der Waals surface area contributed by atoms with Crippen LogP contribution in [-0.2, 0) is 9.59 Å². The molecule has 2 aromatic carbocycles. The highest BCUT2D eigenvalue weighted by Gasteiger charge is 2.12. The summed E-state index contributed by atoms with van der Waals surface area (Å²) in [5, 5.41) is 5.39. The first-order valence-corrected chi connectivity index (χ1v) is 7.38. The summed E-state index contributed by atoms with van der Waals surface area (Å²) in [4.78, 5) is 23.9. The van der Waals surface area contributed by atoms with Gasteiger partial charge >= 0.3 is 0 Å². The lowest BCUT2D eigenvalue weighted by atomic mass is 10.1. The number of hydrogen-bond acceptors (Lipinski definition) is 2. The Morgan fingerprint density at radius 2 is 1.61 bits per heavy atom. The number of hydrogen-bond donors (Lipinski definition) is 2. The smallest absolute Gasteiger partial charge is 0.272 e. The van der Waals surface area contributed by atoms with Gasteiger partial charge in [0.1, 0.15) is 5.70 Å². The fourth-order valence-corrected chi connectivity index (χ4v) is 2.09. The van der Waals surface area contributed by atoms with E-state index >= 15 is 0 Å². The number of nitrogens with one attached hydrogen (secondary N) is 2. The van der Waals surface area contributed by atoms with Crippen molar-refractivity contribution in [3.05, 3.63) is 70.9 Å². The minimum atomic E-state index is -0.354. The lowest BCUT2D eigenvalue weighted by Gasteiger charge is -2.11. The summed E-state index contributed by atoms with van der Waals surface area (Å²) in [7, 11) is 0. The molecule has 2 amide bonds. The number of benzene rings is 2. The summed E-state index contributed by atoms with van der Waals surface area (Å²) in [6, 6.07) is 15.2. The average molecular weight is 308 g/mol. The van der Waals surface area contributed by atoms with Crippen LogP contribution in [0.25, 0.3) is 6.08 Å². The zero-order valence-corrected chi connectivity index (χ0v) is 13.5. The topological polar surface area (TPSA) is 58.2 Å². The van der Waals surface area contributed by atoms with Crippen LogP contribution in [0.2, 0.25) is 0 Å². The van der Waals surface area contributed by atoms with Gasteiger partial charge in [0.2, 0.25) is 5.91 Å². The predicted octanol–water partition coefficient (Wildman–Crippen LogP) is 3.42. The number of carbonyl (C=O) groups excluding carboxylic acids is 2. The third-order valence-electron chi connectivity index (χ3n) is 3.35. The summed E-state index contributed by atoms with van der Waals surface area (Å²) in [5.41, 5.74) is 3.92. The van der Waals surface area contributed by atoms with Crippen molar-refractivity contribution in [2.75, 3.05) is 5.32 Å². The van der Waals surface area contributed by atoms with Crippen molar-refractivity contribution in [2.24, 2.45) is 0 Å². The molecule has 118 valence electrons. The number of rotatable bonds is 4. The van der Waals surface area contributed by atoms with E-state index in [-0.39, 0.29) is 17.5 Å². The van der Waals surface area contributed by atoms with Gasteiger partial charge < -0.3 is 10.6 Å². The van der Waals surface area contributed by atoms with E-state index in [1.807, 2.05) is 62.4 Å². The van der Waals surface area contributed by atoms with E-state index in [4.69, 9.17) is 0 Å². The zero-order chi connectivity index (χ0) is 16.8. The van der Waals surface area contributed by atoms with Gasteiger partial charge in [-0.3, -0.25) is 9.59 Å². The summed E-state index contributed by atoms with van der Waals surface area (Å²) in [6.07, 6.45) is 1.68. The number of carbonyl (C=O) groups is 2. The Balaban J connectivity index is 2.27. The van der Waals surface area contributed by atoms with Crippen LogP contribution in [0.15, 0.2) is 54.2 Å². The van der Waals surface area contributed by atoms with Crippen LogP contribution >= 0.6 is 0 Å².